The van der Waals surface area contributed by atoms with Crippen LogP contribution in [-0.2, 0) is 4.79 Å². The molecule has 186 valence electrons. The number of carbonyl (C=O) groups is 1. The van der Waals surface area contributed by atoms with Crippen molar-refractivity contribution < 1.29 is 22.4 Å². The van der Waals surface area contributed by atoms with Crippen molar-refractivity contribution in [3.63, 3.8) is 0 Å². The molecule has 2 aromatic heterocycles. The number of nitrogens with zero attached hydrogens (tertiary/aromatic N) is 3. The predicted molar refractivity (Wildman–Crippen MR) is 117 cm³/mol. The Balaban J connectivity index is 1.29. The molecule has 5 rings (SSSR count). The summed E-state index contributed by atoms with van der Waals surface area (Å²) >= 11 is 0. The fraction of sp³-hybridized carbons (Fsp3) is 0.708. The number of nitrogens with one attached hydrogen (secondary N) is 1. The molecule has 3 N–H and O–H groups in total. The molecule has 0 radical (unpaired) electrons. The molecule has 34 heavy (non-hydrogen) atoms. The number of aromatic nitrogens is 3. The molecule has 2 atom stereocenters. The van der Waals surface area contributed by atoms with E-state index in [1.165, 1.54) is 0 Å². The van der Waals surface area contributed by atoms with Crippen molar-refractivity contribution in [3.05, 3.63) is 29.7 Å². The fourth-order valence-electron chi connectivity index (χ4n) is 5.57. The minimum absolute atomic E-state index is 0.0510. The lowest BCUT2D eigenvalue weighted by molar-refractivity contribution is -0.134. The lowest BCUT2D eigenvalue weighted by atomic mass is 9.76. The van der Waals surface area contributed by atoms with Crippen molar-refractivity contribution in [3.8, 4) is 0 Å². The zero-order valence-electron chi connectivity index (χ0n) is 19.0. The summed E-state index contributed by atoms with van der Waals surface area (Å²) in [5, 5.41) is 7.52. The first-order valence-electron chi connectivity index (χ1n) is 12.2. The molecule has 3 fully saturated rings. The van der Waals surface area contributed by atoms with Gasteiger partial charge in [-0.2, -0.15) is 5.10 Å². The Bertz CT molecular complexity index is 1040. The van der Waals surface area contributed by atoms with Gasteiger partial charge in [0.1, 0.15) is 0 Å². The van der Waals surface area contributed by atoms with E-state index in [1.807, 2.05) is 6.07 Å². The number of fused-ring (bicyclic) bond motifs is 1. The molecule has 0 saturated heterocycles. The largest absolute Gasteiger partial charge is 0.349 e. The second-order valence-corrected chi connectivity index (χ2v) is 10.5. The third-order valence-corrected chi connectivity index (χ3v) is 7.92. The van der Waals surface area contributed by atoms with E-state index < -0.39 is 17.9 Å². The highest BCUT2D eigenvalue weighted by atomic mass is 19.3. The molecule has 10 heteroatoms. The molecular formula is C24H31F4N5O. The second kappa shape index (κ2) is 8.77. The predicted octanol–water partition coefficient (Wildman–Crippen LogP) is 4.95. The number of alkyl halides is 4. The number of halogens is 4. The summed E-state index contributed by atoms with van der Waals surface area (Å²) in [4.78, 5) is 17.2. The highest BCUT2D eigenvalue weighted by Gasteiger charge is 2.46. The van der Waals surface area contributed by atoms with Crippen LogP contribution in [0.3, 0.4) is 0 Å². The Morgan fingerprint density at radius 3 is 2.44 bits per heavy atom. The van der Waals surface area contributed by atoms with Crippen LogP contribution in [0.1, 0.15) is 87.5 Å². The third-order valence-electron chi connectivity index (χ3n) is 7.92. The molecule has 0 aliphatic heterocycles. The van der Waals surface area contributed by atoms with E-state index in [9.17, 15) is 22.4 Å². The van der Waals surface area contributed by atoms with Crippen LogP contribution < -0.4 is 11.1 Å². The van der Waals surface area contributed by atoms with Crippen LogP contribution in [0.4, 0.5) is 17.6 Å². The van der Waals surface area contributed by atoms with E-state index in [2.05, 4.69) is 15.4 Å². The zero-order valence-corrected chi connectivity index (χ0v) is 19.0. The van der Waals surface area contributed by atoms with Crippen molar-refractivity contribution in [2.45, 2.75) is 88.1 Å². The normalized spacial score (nSPS) is 24.9. The molecule has 3 aliphatic rings. The van der Waals surface area contributed by atoms with E-state index in [1.54, 1.807) is 16.9 Å². The summed E-state index contributed by atoms with van der Waals surface area (Å²) in [5.41, 5.74) is 8.42. The summed E-state index contributed by atoms with van der Waals surface area (Å²) in [6, 6.07) is 1.19. The van der Waals surface area contributed by atoms with Crippen molar-refractivity contribution in [1.82, 2.24) is 19.9 Å². The Hall–Kier alpha value is -2.23. The Morgan fingerprint density at radius 2 is 1.82 bits per heavy atom. The van der Waals surface area contributed by atoms with Gasteiger partial charge in [0.15, 0.2) is 5.65 Å². The maximum atomic E-state index is 13.5. The number of hydrogen-bond donors (Lipinski definition) is 2. The first-order valence-corrected chi connectivity index (χ1v) is 12.2. The molecule has 0 unspecified atom stereocenters. The van der Waals surface area contributed by atoms with Crippen LogP contribution in [0.15, 0.2) is 18.5 Å². The van der Waals surface area contributed by atoms with Gasteiger partial charge in [0.2, 0.25) is 17.8 Å². The number of rotatable bonds is 7. The number of nitrogens with two attached hydrogens (primary N) is 1. The zero-order chi connectivity index (χ0) is 24.1. The number of hydrogen-bond acceptors (Lipinski definition) is 4. The van der Waals surface area contributed by atoms with Gasteiger partial charge in [0.25, 0.3) is 0 Å². The van der Waals surface area contributed by atoms with Crippen molar-refractivity contribution in [2.24, 2.45) is 23.5 Å². The highest BCUT2D eigenvalue weighted by Crippen LogP contribution is 2.44. The third kappa shape index (κ3) is 4.92. The van der Waals surface area contributed by atoms with Crippen LogP contribution in [-0.4, -0.2) is 32.4 Å². The average Bonchev–Trinajstić information content (AvgIpc) is 3.13. The molecule has 6 nitrogen and oxygen atoms in total. The van der Waals surface area contributed by atoms with E-state index in [4.69, 9.17) is 5.73 Å². The molecule has 1 amide bonds. The maximum Gasteiger partial charge on any atom is 0.248 e. The highest BCUT2D eigenvalue weighted by molar-refractivity contribution is 5.77. The van der Waals surface area contributed by atoms with Crippen LogP contribution >= 0.6 is 0 Å². The first-order chi connectivity index (χ1) is 16.1. The summed E-state index contributed by atoms with van der Waals surface area (Å²) in [6.07, 6.45) is 6.58. The van der Waals surface area contributed by atoms with Crippen LogP contribution in [0.2, 0.25) is 0 Å². The SMILES string of the molecule is N[C@H](c1cn2ncc([C@H](NC(=O)CC3CC(F)(F)C3)C3CCC3)cc2n1)C1CCC(F)(F)CC1. The van der Waals surface area contributed by atoms with Crippen molar-refractivity contribution in [2.75, 3.05) is 0 Å². The van der Waals surface area contributed by atoms with Crippen LogP contribution in [0, 0.1) is 17.8 Å². The van der Waals surface area contributed by atoms with Gasteiger partial charge < -0.3 is 11.1 Å². The lowest BCUT2D eigenvalue weighted by Gasteiger charge is -2.37. The summed E-state index contributed by atoms with van der Waals surface area (Å²) in [7, 11) is 0. The van der Waals surface area contributed by atoms with Gasteiger partial charge in [-0.1, -0.05) is 6.42 Å². The van der Waals surface area contributed by atoms with Crippen LogP contribution in [0.5, 0.6) is 0 Å². The van der Waals surface area contributed by atoms with Gasteiger partial charge in [0, 0.05) is 32.1 Å². The summed E-state index contributed by atoms with van der Waals surface area (Å²) in [6.45, 7) is 0. The van der Waals surface area contributed by atoms with Gasteiger partial charge in [-0.15, -0.1) is 0 Å². The minimum Gasteiger partial charge on any atom is -0.349 e. The number of amides is 1. The molecule has 0 spiro atoms. The lowest BCUT2D eigenvalue weighted by Crippen LogP contribution is -2.41. The average molecular weight is 482 g/mol. The topological polar surface area (TPSA) is 85.3 Å². The maximum absolute atomic E-state index is 13.5. The van der Waals surface area contributed by atoms with Gasteiger partial charge in [-0.3, -0.25) is 4.79 Å². The smallest absolute Gasteiger partial charge is 0.248 e. The summed E-state index contributed by atoms with van der Waals surface area (Å²) in [5.74, 6) is -5.50. The summed E-state index contributed by atoms with van der Waals surface area (Å²) < 4.78 is 54.9. The van der Waals surface area contributed by atoms with E-state index >= 15 is 0 Å². The van der Waals surface area contributed by atoms with E-state index in [0.29, 0.717) is 24.2 Å². The standard InChI is InChI=1S/C24H31F4N5O/c25-23(26)6-4-15(5-7-23)21(29)18-13-33-19(31-18)9-17(12-30-33)22(16-2-1-3-16)32-20(34)8-14-10-24(27,28)11-14/h9,12-16,21-22H,1-8,10-11,29H2,(H,32,34)/t21-,22+/m0/s1. The van der Waals surface area contributed by atoms with Crippen molar-refractivity contribution >= 4 is 11.6 Å². The molecular weight excluding hydrogens is 450 g/mol. The molecule has 3 saturated carbocycles. The minimum atomic E-state index is -2.63. The van der Waals surface area contributed by atoms with Gasteiger partial charge in [-0.25, -0.2) is 27.1 Å². The van der Waals surface area contributed by atoms with Gasteiger partial charge >= 0.3 is 0 Å². The molecule has 2 heterocycles. The monoisotopic (exact) mass is 481 g/mol. The molecule has 0 aromatic carbocycles. The quantitative estimate of drug-likeness (QED) is 0.548. The van der Waals surface area contributed by atoms with E-state index in [0.717, 1.165) is 24.8 Å². The molecule has 2 aromatic rings. The Kier molecular flexibility index (Phi) is 6.06. The molecule has 3 aliphatic carbocycles. The fourth-order valence-corrected chi connectivity index (χ4v) is 5.57. The Morgan fingerprint density at radius 1 is 1.12 bits per heavy atom. The molecule has 0 bridgehead atoms. The van der Waals surface area contributed by atoms with E-state index in [-0.39, 0.29) is 61.8 Å². The second-order valence-electron chi connectivity index (χ2n) is 10.5. The number of carbonyl (C=O) groups excluding carboxylic acids is 1. The van der Waals surface area contributed by atoms with Crippen molar-refractivity contribution in [1.29, 1.82) is 0 Å². The van der Waals surface area contributed by atoms with Crippen LogP contribution in [0.25, 0.3) is 5.65 Å². The number of imidazole rings is 1. The first kappa shape index (κ1) is 23.5. The van der Waals surface area contributed by atoms with Gasteiger partial charge in [-0.05, 0) is 55.1 Å². The Labute approximate surface area is 195 Å². The van der Waals surface area contributed by atoms with Gasteiger partial charge in [0.05, 0.1) is 30.2 Å².